The summed E-state index contributed by atoms with van der Waals surface area (Å²) in [5.74, 6) is 1.66. The highest BCUT2D eigenvalue weighted by Gasteiger charge is 2.17. The van der Waals surface area contributed by atoms with Crippen molar-refractivity contribution in [3.05, 3.63) is 6.07 Å². The van der Waals surface area contributed by atoms with E-state index in [1.807, 2.05) is 13.1 Å². The van der Waals surface area contributed by atoms with Crippen LogP contribution >= 0.6 is 0 Å². The Morgan fingerprint density at radius 1 is 1.71 bits per heavy atom. The van der Waals surface area contributed by atoms with Gasteiger partial charge in [0.1, 0.15) is 0 Å². The number of rotatable bonds is 5. The van der Waals surface area contributed by atoms with Crippen LogP contribution in [0.15, 0.2) is 6.07 Å². The van der Waals surface area contributed by atoms with Gasteiger partial charge in [0.15, 0.2) is 5.82 Å². The van der Waals surface area contributed by atoms with Crippen LogP contribution in [0.5, 0.6) is 5.88 Å². The van der Waals surface area contributed by atoms with Crippen molar-refractivity contribution in [3.8, 4) is 5.88 Å². The lowest BCUT2D eigenvalue weighted by molar-refractivity contribution is 0.373. The molecule has 1 fully saturated rings. The number of nitrogens with zero attached hydrogens (tertiary/aromatic N) is 2. The maximum absolute atomic E-state index is 5.19. The first-order valence-corrected chi connectivity index (χ1v) is 6.27. The van der Waals surface area contributed by atoms with Gasteiger partial charge in [-0.15, -0.1) is 0 Å². The molecule has 1 aliphatic heterocycles. The summed E-state index contributed by atoms with van der Waals surface area (Å²) in [4.78, 5) is 0. The number of anilines is 1. The summed E-state index contributed by atoms with van der Waals surface area (Å²) in [6.45, 7) is 3.36. The summed E-state index contributed by atoms with van der Waals surface area (Å²) >= 11 is 0. The van der Waals surface area contributed by atoms with E-state index >= 15 is 0 Å². The number of hydrogen-bond acceptors (Lipinski definition) is 4. The van der Waals surface area contributed by atoms with Crippen LogP contribution in [0.3, 0.4) is 0 Å². The zero-order valence-corrected chi connectivity index (χ0v) is 10.9. The summed E-state index contributed by atoms with van der Waals surface area (Å²) in [5, 5.41) is 11.3. The number of ether oxygens (including phenoxy) is 1. The normalized spacial score (nSPS) is 21.5. The molecule has 2 unspecified atom stereocenters. The summed E-state index contributed by atoms with van der Waals surface area (Å²) in [6, 6.07) is 3.01. The summed E-state index contributed by atoms with van der Waals surface area (Å²) in [7, 11) is 3.54. The van der Waals surface area contributed by atoms with Gasteiger partial charge >= 0.3 is 0 Å². The number of hydrogen-bond donors (Lipinski definition) is 2. The second-order valence-corrected chi connectivity index (χ2v) is 4.77. The maximum Gasteiger partial charge on any atom is 0.213 e. The van der Waals surface area contributed by atoms with Crippen LogP contribution in [0, 0.1) is 0 Å². The van der Waals surface area contributed by atoms with Crippen molar-refractivity contribution in [2.24, 2.45) is 7.05 Å². The molecule has 0 aliphatic carbocycles. The largest absolute Gasteiger partial charge is 0.481 e. The molecule has 0 radical (unpaired) electrons. The molecule has 0 amide bonds. The third kappa shape index (κ3) is 3.12. The predicted octanol–water partition coefficient (Wildman–Crippen LogP) is 1.37. The molecule has 5 heteroatoms. The molecule has 1 aromatic rings. The molecule has 2 atom stereocenters. The fourth-order valence-electron chi connectivity index (χ4n) is 2.41. The average molecular weight is 238 g/mol. The SMILES string of the molecule is COc1cc(NC(C)CC2CCCN2)nn1C. The van der Waals surface area contributed by atoms with Crippen LogP contribution in [-0.4, -0.2) is 35.5 Å². The van der Waals surface area contributed by atoms with Gasteiger partial charge in [-0.25, -0.2) is 4.68 Å². The smallest absolute Gasteiger partial charge is 0.213 e. The van der Waals surface area contributed by atoms with E-state index in [1.54, 1.807) is 11.8 Å². The van der Waals surface area contributed by atoms with Crippen LogP contribution in [0.1, 0.15) is 26.2 Å². The second-order valence-electron chi connectivity index (χ2n) is 4.77. The first kappa shape index (κ1) is 12.2. The molecule has 17 heavy (non-hydrogen) atoms. The van der Waals surface area contributed by atoms with E-state index < -0.39 is 0 Å². The van der Waals surface area contributed by atoms with Crippen molar-refractivity contribution in [1.82, 2.24) is 15.1 Å². The molecule has 2 heterocycles. The minimum Gasteiger partial charge on any atom is -0.481 e. The van der Waals surface area contributed by atoms with Crippen LogP contribution in [0.4, 0.5) is 5.82 Å². The molecule has 0 saturated carbocycles. The fraction of sp³-hybridized carbons (Fsp3) is 0.750. The number of aryl methyl sites for hydroxylation is 1. The summed E-state index contributed by atoms with van der Waals surface area (Å²) in [5.41, 5.74) is 0. The van der Waals surface area contributed by atoms with Crippen LogP contribution in [0.2, 0.25) is 0 Å². The van der Waals surface area contributed by atoms with Crippen molar-refractivity contribution in [1.29, 1.82) is 0 Å². The Balaban J connectivity index is 1.86. The lowest BCUT2D eigenvalue weighted by Crippen LogP contribution is -2.29. The molecule has 0 bridgehead atoms. The lowest BCUT2D eigenvalue weighted by Gasteiger charge is -2.17. The molecule has 0 spiro atoms. The van der Waals surface area contributed by atoms with E-state index in [2.05, 4.69) is 22.7 Å². The Hall–Kier alpha value is -1.23. The standard InChI is InChI=1S/C12H22N4O/c1-9(7-10-5-4-6-13-10)14-11-8-12(17-3)16(2)15-11/h8-10,13H,4-7H2,1-3H3,(H,14,15). The Morgan fingerprint density at radius 3 is 3.12 bits per heavy atom. The van der Waals surface area contributed by atoms with E-state index in [4.69, 9.17) is 4.74 Å². The van der Waals surface area contributed by atoms with E-state index in [-0.39, 0.29) is 0 Å². The van der Waals surface area contributed by atoms with Crippen molar-refractivity contribution in [2.75, 3.05) is 19.0 Å². The van der Waals surface area contributed by atoms with Gasteiger partial charge in [-0.05, 0) is 32.7 Å². The fourth-order valence-corrected chi connectivity index (χ4v) is 2.41. The highest BCUT2D eigenvalue weighted by atomic mass is 16.5. The number of nitrogens with one attached hydrogen (secondary N) is 2. The van der Waals surface area contributed by atoms with Crippen molar-refractivity contribution >= 4 is 5.82 Å². The van der Waals surface area contributed by atoms with Gasteiger partial charge in [-0.2, -0.15) is 5.10 Å². The third-order valence-electron chi connectivity index (χ3n) is 3.24. The van der Waals surface area contributed by atoms with Gasteiger partial charge in [0.2, 0.25) is 5.88 Å². The van der Waals surface area contributed by atoms with Gasteiger partial charge < -0.3 is 15.4 Å². The summed E-state index contributed by atoms with van der Waals surface area (Å²) in [6.07, 6.45) is 3.73. The molecule has 0 aromatic carbocycles. The topological polar surface area (TPSA) is 51.1 Å². The van der Waals surface area contributed by atoms with Crippen molar-refractivity contribution in [3.63, 3.8) is 0 Å². The minimum absolute atomic E-state index is 0.421. The van der Waals surface area contributed by atoms with E-state index in [1.165, 1.54) is 12.8 Å². The summed E-state index contributed by atoms with van der Waals surface area (Å²) < 4.78 is 6.93. The Bertz CT molecular complexity index is 357. The van der Waals surface area contributed by atoms with E-state index in [9.17, 15) is 0 Å². The van der Waals surface area contributed by atoms with Crippen LogP contribution in [0.25, 0.3) is 0 Å². The van der Waals surface area contributed by atoms with Gasteiger partial charge in [-0.3, -0.25) is 0 Å². The third-order valence-corrected chi connectivity index (χ3v) is 3.24. The Labute approximate surface area is 103 Å². The molecule has 5 nitrogen and oxygen atoms in total. The van der Waals surface area contributed by atoms with Gasteiger partial charge in [0, 0.05) is 25.2 Å². The predicted molar refractivity (Wildman–Crippen MR) is 68.5 cm³/mol. The van der Waals surface area contributed by atoms with E-state index in [0.29, 0.717) is 12.1 Å². The van der Waals surface area contributed by atoms with Crippen LogP contribution in [-0.2, 0) is 7.05 Å². The molecular weight excluding hydrogens is 216 g/mol. The molecule has 1 saturated heterocycles. The zero-order chi connectivity index (χ0) is 12.3. The monoisotopic (exact) mass is 238 g/mol. The van der Waals surface area contributed by atoms with Gasteiger partial charge in [0.25, 0.3) is 0 Å². The number of aromatic nitrogens is 2. The molecule has 96 valence electrons. The first-order valence-electron chi connectivity index (χ1n) is 6.27. The highest BCUT2D eigenvalue weighted by molar-refractivity contribution is 5.39. The molecule has 2 rings (SSSR count). The molecule has 2 N–H and O–H groups in total. The van der Waals surface area contributed by atoms with E-state index in [0.717, 1.165) is 24.7 Å². The maximum atomic E-state index is 5.19. The zero-order valence-electron chi connectivity index (χ0n) is 10.9. The minimum atomic E-state index is 0.421. The molecule has 1 aromatic heterocycles. The van der Waals surface area contributed by atoms with Gasteiger partial charge in [0.05, 0.1) is 7.11 Å². The van der Waals surface area contributed by atoms with Gasteiger partial charge in [-0.1, -0.05) is 0 Å². The second kappa shape index (κ2) is 5.40. The lowest BCUT2D eigenvalue weighted by atomic mass is 10.1. The molecule has 1 aliphatic rings. The average Bonchev–Trinajstić information content (AvgIpc) is 2.88. The van der Waals surface area contributed by atoms with Crippen LogP contribution < -0.4 is 15.4 Å². The Morgan fingerprint density at radius 2 is 2.53 bits per heavy atom. The first-order chi connectivity index (χ1) is 8.19. The Kier molecular flexibility index (Phi) is 3.89. The van der Waals surface area contributed by atoms with Crippen molar-refractivity contribution < 1.29 is 4.74 Å². The number of methoxy groups -OCH3 is 1. The quantitative estimate of drug-likeness (QED) is 0.813. The highest BCUT2D eigenvalue weighted by Crippen LogP contribution is 2.18. The van der Waals surface area contributed by atoms with Crippen molar-refractivity contribution in [2.45, 2.75) is 38.3 Å². The molecular formula is C12H22N4O.